The Morgan fingerprint density at radius 3 is 2.89 bits per heavy atom. The van der Waals surface area contributed by atoms with Gasteiger partial charge in [-0.3, -0.25) is 0 Å². The van der Waals surface area contributed by atoms with Crippen LogP contribution in [-0.4, -0.2) is 22.3 Å². The van der Waals surface area contributed by atoms with Crippen molar-refractivity contribution in [3.05, 3.63) is 21.5 Å². The smallest absolute Gasteiger partial charge is 0.352 e. The van der Waals surface area contributed by atoms with E-state index in [0.717, 1.165) is 11.3 Å². The lowest BCUT2D eigenvalue weighted by atomic mass is 10.4. The Morgan fingerprint density at radius 1 is 1.72 bits per heavy atom. The van der Waals surface area contributed by atoms with Crippen molar-refractivity contribution < 1.29 is 9.53 Å². The van der Waals surface area contributed by atoms with Gasteiger partial charge in [-0.25, -0.2) is 4.79 Å². The van der Waals surface area contributed by atoms with Gasteiger partial charge in [-0.1, -0.05) is 17.4 Å². The molecule has 0 aliphatic rings. The molecule has 0 amide bonds. The lowest BCUT2D eigenvalue weighted by Gasteiger charge is -2.09. The Morgan fingerprint density at radius 2 is 2.39 bits per heavy atom. The highest BCUT2D eigenvalue weighted by atomic mass is 32.1. The molecule has 18 heavy (non-hydrogen) atoms. The number of ether oxygens (including phenoxy) is 1. The highest BCUT2D eigenvalue weighted by molar-refractivity contribution is 7.80. The van der Waals surface area contributed by atoms with Gasteiger partial charge in [-0.15, -0.1) is 6.58 Å². The molecule has 0 unspecified atom stereocenters. The Bertz CT molecular complexity index is 533. The Balaban J connectivity index is 3.28. The third-order valence-electron chi connectivity index (χ3n) is 1.91. The maximum atomic E-state index is 11.8. The maximum Gasteiger partial charge on any atom is 0.352 e. The molecule has 1 rings (SSSR count). The van der Waals surface area contributed by atoms with Gasteiger partial charge in [0.25, 0.3) is 0 Å². The fourth-order valence-corrected chi connectivity index (χ4v) is 2.64. The molecular weight excluding hydrogens is 290 g/mol. The van der Waals surface area contributed by atoms with Crippen LogP contribution >= 0.6 is 35.8 Å². The van der Waals surface area contributed by atoms with Gasteiger partial charge in [0, 0.05) is 6.54 Å². The second-order valence-corrected chi connectivity index (χ2v) is 5.24. The van der Waals surface area contributed by atoms with Gasteiger partial charge in [0.15, 0.2) is 13.9 Å². The number of nitrogens with two attached hydrogens (primary N) is 1. The topological polar surface area (TPSA) is 69.3 Å². The van der Waals surface area contributed by atoms with Crippen LogP contribution in [0, 0.1) is 3.95 Å². The second kappa shape index (κ2) is 6.62. The molecule has 1 heterocycles. The van der Waals surface area contributed by atoms with Gasteiger partial charge < -0.3 is 20.4 Å². The monoisotopic (exact) mass is 303 g/mol. The minimum atomic E-state index is -0.449. The van der Waals surface area contributed by atoms with E-state index in [1.165, 1.54) is 0 Å². The van der Waals surface area contributed by atoms with Crippen molar-refractivity contribution >= 4 is 52.7 Å². The van der Waals surface area contributed by atoms with Crippen LogP contribution in [0.5, 0.6) is 0 Å². The minimum Gasteiger partial charge on any atom is -0.462 e. The number of esters is 1. The van der Waals surface area contributed by atoms with E-state index in [4.69, 9.17) is 34.9 Å². The van der Waals surface area contributed by atoms with E-state index in [1.54, 1.807) is 17.6 Å². The predicted octanol–water partition coefficient (Wildman–Crippen LogP) is 2.30. The summed E-state index contributed by atoms with van der Waals surface area (Å²) in [4.78, 5) is 12.2. The van der Waals surface area contributed by atoms with Crippen molar-refractivity contribution in [3.8, 4) is 0 Å². The molecule has 0 saturated carbocycles. The fraction of sp³-hybridized carbons (Fsp3) is 0.300. The van der Waals surface area contributed by atoms with Crippen LogP contribution in [0.25, 0.3) is 0 Å². The van der Waals surface area contributed by atoms with Gasteiger partial charge in [0.2, 0.25) is 0 Å². The number of nitrogens with one attached hydrogen (secondary N) is 1. The first-order chi connectivity index (χ1) is 8.51. The number of allylic oxidation sites excluding steroid dienone is 1. The molecule has 98 valence electrons. The number of thiocarbonyl (C=S) groups is 1. The van der Waals surface area contributed by atoms with E-state index in [-0.39, 0.29) is 11.7 Å². The van der Waals surface area contributed by atoms with Gasteiger partial charge in [-0.2, -0.15) is 0 Å². The molecule has 1 aromatic rings. The summed E-state index contributed by atoms with van der Waals surface area (Å²) in [5.41, 5.74) is 5.44. The number of aromatic nitrogens is 1. The summed E-state index contributed by atoms with van der Waals surface area (Å²) in [6.45, 7) is 6.12. The van der Waals surface area contributed by atoms with Crippen molar-refractivity contribution in [3.63, 3.8) is 0 Å². The first kappa shape index (κ1) is 14.8. The summed E-state index contributed by atoms with van der Waals surface area (Å²) >= 11 is 11.1. The van der Waals surface area contributed by atoms with Crippen molar-refractivity contribution in [2.45, 2.75) is 13.5 Å². The molecular formula is C10H13N3O2S3. The Kier molecular flexibility index (Phi) is 5.45. The summed E-state index contributed by atoms with van der Waals surface area (Å²) < 4.78 is 7.18. The molecule has 0 aliphatic carbocycles. The maximum absolute atomic E-state index is 11.8. The van der Waals surface area contributed by atoms with E-state index in [9.17, 15) is 4.79 Å². The lowest BCUT2D eigenvalue weighted by molar-refractivity contribution is 0.0533. The van der Waals surface area contributed by atoms with Gasteiger partial charge in [-0.05, 0) is 31.4 Å². The van der Waals surface area contributed by atoms with E-state index < -0.39 is 5.97 Å². The quantitative estimate of drug-likeness (QED) is 0.494. The molecule has 0 fully saturated rings. The minimum absolute atomic E-state index is 0.0613. The SMILES string of the molecule is C=CCn1c(NC(N)=S)c(C(=O)OCC)sc1=S. The van der Waals surface area contributed by atoms with Crippen molar-refractivity contribution in [1.82, 2.24) is 4.57 Å². The molecule has 0 saturated heterocycles. The number of carbonyl (C=O) groups excluding carboxylic acids is 1. The standard InChI is InChI=1S/C10H13N3O2S3/c1-3-5-13-7(12-9(11)16)6(18-10(13)17)8(14)15-4-2/h3H,1,4-5H2,2H3,(H3,11,12,16). The number of nitrogens with zero attached hydrogens (tertiary/aromatic N) is 1. The molecule has 3 N–H and O–H groups in total. The molecule has 5 nitrogen and oxygen atoms in total. The van der Waals surface area contributed by atoms with Crippen LogP contribution < -0.4 is 11.1 Å². The number of hydrogen-bond acceptors (Lipinski definition) is 5. The summed E-state index contributed by atoms with van der Waals surface area (Å²) in [5.74, 6) is 0.00557. The molecule has 8 heteroatoms. The molecule has 0 atom stereocenters. The normalized spacial score (nSPS) is 9.83. The zero-order valence-electron chi connectivity index (χ0n) is 9.76. The summed E-state index contributed by atoms with van der Waals surface area (Å²) in [6.07, 6.45) is 1.67. The molecule has 0 spiro atoms. The average molecular weight is 303 g/mol. The molecule has 0 aliphatic heterocycles. The number of hydrogen-bond donors (Lipinski definition) is 2. The van der Waals surface area contributed by atoms with Gasteiger partial charge in [0.05, 0.1) is 6.61 Å². The van der Waals surface area contributed by atoms with Crippen LogP contribution in [0.3, 0.4) is 0 Å². The highest BCUT2D eigenvalue weighted by Gasteiger charge is 2.20. The summed E-state index contributed by atoms with van der Waals surface area (Å²) in [5, 5.41) is 2.82. The second-order valence-electron chi connectivity index (χ2n) is 3.15. The molecule has 0 radical (unpaired) electrons. The number of carbonyl (C=O) groups is 1. The third-order valence-corrected chi connectivity index (χ3v) is 3.44. The third kappa shape index (κ3) is 3.37. The molecule has 0 aromatic carbocycles. The zero-order valence-corrected chi connectivity index (χ0v) is 12.2. The van der Waals surface area contributed by atoms with Crippen LogP contribution in [0.2, 0.25) is 0 Å². The van der Waals surface area contributed by atoms with Gasteiger partial charge >= 0.3 is 5.97 Å². The number of anilines is 1. The van der Waals surface area contributed by atoms with E-state index in [1.807, 2.05) is 0 Å². The highest BCUT2D eigenvalue weighted by Crippen LogP contribution is 2.26. The summed E-state index contributed by atoms with van der Waals surface area (Å²) in [6, 6.07) is 0. The van der Waals surface area contributed by atoms with Crippen molar-refractivity contribution in [2.24, 2.45) is 5.73 Å². The first-order valence-electron chi connectivity index (χ1n) is 5.09. The molecule has 0 bridgehead atoms. The largest absolute Gasteiger partial charge is 0.462 e. The van der Waals surface area contributed by atoms with Gasteiger partial charge in [0.1, 0.15) is 5.82 Å². The zero-order chi connectivity index (χ0) is 13.7. The molecule has 1 aromatic heterocycles. The fourth-order valence-electron chi connectivity index (χ4n) is 1.28. The van der Waals surface area contributed by atoms with E-state index in [2.05, 4.69) is 11.9 Å². The number of rotatable bonds is 5. The van der Waals surface area contributed by atoms with Crippen molar-refractivity contribution in [2.75, 3.05) is 11.9 Å². The first-order valence-corrected chi connectivity index (χ1v) is 6.72. The number of thiazole rings is 1. The summed E-state index contributed by atoms with van der Waals surface area (Å²) in [7, 11) is 0. The van der Waals surface area contributed by atoms with E-state index in [0.29, 0.717) is 21.2 Å². The van der Waals surface area contributed by atoms with E-state index >= 15 is 0 Å². The van der Waals surface area contributed by atoms with Crippen LogP contribution in [0.15, 0.2) is 12.7 Å². The lowest BCUT2D eigenvalue weighted by Crippen LogP contribution is -2.22. The Hall–Kier alpha value is -1.25. The van der Waals surface area contributed by atoms with Crippen LogP contribution in [-0.2, 0) is 11.3 Å². The predicted molar refractivity (Wildman–Crippen MR) is 79.7 cm³/mol. The Labute approximate surface area is 119 Å². The van der Waals surface area contributed by atoms with Crippen LogP contribution in [0.4, 0.5) is 5.82 Å². The van der Waals surface area contributed by atoms with Crippen LogP contribution in [0.1, 0.15) is 16.6 Å². The van der Waals surface area contributed by atoms with Crippen molar-refractivity contribution in [1.29, 1.82) is 0 Å². The average Bonchev–Trinajstić information content (AvgIpc) is 2.58.